The minimum atomic E-state index is -0.0880. The highest BCUT2D eigenvalue weighted by atomic mass is 16.3. The summed E-state index contributed by atoms with van der Waals surface area (Å²) in [6.45, 7) is 2.88. The lowest BCUT2D eigenvalue weighted by atomic mass is 10.1. The van der Waals surface area contributed by atoms with Gasteiger partial charge in [-0.05, 0) is 18.9 Å². The van der Waals surface area contributed by atoms with Crippen LogP contribution < -0.4 is 0 Å². The Morgan fingerprint density at radius 2 is 2.21 bits per heavy atom. The molecule has 0 aromatic carbocycles. The second-order valence-corrected chi connectivity index (χ2v) is 3.99. The van der Waals surface area contributed by atoms with Crippen LogP contribution >= 0.6 is 0 Å². The molecule has 1 aromatic rings. The largest absolute Gasteiger partial charge is 0.393 e. The standard InChI is InChI=1S/C10H17N3O/c1-12-5-2-9(11-12)8-13-6-3-10(14)4-7-13/h2,5,10,14H,3-4,6-8H2,1H3. The first-order valence-corrected chi connectivity index (χ1v) is 5.13. The molecular formula is C10H17N3O. The van der Waals surface area contributed by atoms with Gasteiger partial charge in [-0.3, -0.25) is 9.58 Å². The SMILES string of the molecule is Cn1ccc(CN2CCC(O)CC2)n1. The van der Waals surface area contributed by atoms with Crippen LogP contribution in [0.3, 0.4) is 0 Å². The minimum Gasteiger partial charge on any atom is -0.393 e. The molecule has 1 fully saturated rings. The number of likely N-dealkylation sites (tertiary alicyclic amines) is 1. The number of rotatable bonds is 2. The van der Waals surface area contributed by atoms with E-state index in [1.807, 2.05) is 24.0 Å². The van der Waals surface area contributed by atoms with Gasteiger partial charge in [-0.2, -0.15) is 5.10 Å². The predicted octanol–water partition coefficient (Wildman–Crippen LogP) is 0.377. The van der Waals surface area contributed by atoms with Crippen LogP contribution in [0.15, 0.2) is 12.3 Å². The Balaban J connectivity index is 1.86. The summed E-state index contributed by atoms with van der Waals surface area (Å²) in [5.41, 5.74) is 1.11. The summed E-state index contributed by atoms with van der Waals surface area (Å²) >= 11 is 0. The number of aryl methyl sites for hydroxylation is 1. The molecular weight excluding hydrogens is 178 g/mol. The van der Waals surface area contributed by atoms with Gasteiger partial charge in [0.25, 0.3) is 0 Å². The Kier molecular flexibility index (Phi) is 2.84. The Morgan fingerprint density at radius 1 is 1.50 bits per heavy atom. The molecule has 1 aromatic heterocycles. The monoisotopic (exact) mass is 195 g/mol. The second-order valence-electron chi connectivity index (χ2n) is 3.99. The predicted molar refractivity (Wildman–Crippen MR) is 53.7 cm³/mol. The first-order valence-electron chi connectivity index (χ1n) is 5.13. The molecule has 0 amide bonds. The van der Waals surface area contributed by atoms with Gasteiger partial charge >= 0.3 is 0 Å². The summed E-state index contributed by atoms with van der Waals surface area (Å²) in [4.78, 5) is 2.34. The topological polar surface area (TPSA) is 41.3 Å². The molecule has 2 rings (SSSR count). The van der Waals surface area contributed by atoms with Crippen molar-refractivity contribution >= 4 is 0 Å². The van der Waals surface area contributed by atoms with Gasteiger partial charge < -0.3 is 5.11 Å². The highest BCUT2D eigenvalue weighted by Crippen LogP contribution is 2.12. The van der Waals surface area contributed by atoms with E-state index in [-0.39, 0.29) is 6.10 Å². The smallest absolute Gasteiger partial charge is 0.0764 e. The average Bonchev–Trinajstić information content (AvgIpc) is 2.56. The molecule has 1 N–H and O–H groups in total. The lowest BCUT2D eigenvalue weighted by molar-refractivity contribution is 0.0786. The Hall–Kier alpha value is -0.870. The van der Waals surface area contributed by atoms with Crippen LogP contribution in [-0.4, -0.2) is 39.0 Å². The first-order chi connectivity index (χ1) is 6.74. The summed E-state index contributed by atoms with van der Waals surface area (Å²) in [5, 5.41) is 13.7. The number of aromatic nitrogens is 2. The molecule has 0 saturated carbocycles. The van der Waals surface area contributed by atoms with Crippen molar-refractivity contribution in [3.63, 3.8) is 0 Å². The summed E-state index contributed by atoms with van der Waals surface area (Å²) in [6.07, 6.45) is 3.67. The zero-order valence-corrected chi connectivity index (χ0v) is 8.56. The van der Waals surface area contributed by atoms with Crippen molar-refractivity contribution < 1.29 is 5.11 Å². The van der Waals surface area contributed by atoms with E-state index >= 15 is 0 Å². The Bertz CT molecular complexity index is 289. The number of hydrogen-bond donors (Lipinski definition) is 1. The van der Waals surface area contributed by atoms with Crippen LogP contribution in [0, 0.1) is 0 Å². The third-order valence-electron chi connectivity index (χ3n) is 2.71. The molecule has 0 aliphatic carbocycles. The van der Waals surface area contributed by atoms with E-state index in [1.165, 1.54) is 0 Å². The molecule has 2 heterocycles. The van der Waals surface area contributed by atoms with Gasteiger partial charge in [0.1, 0.15) is 0 Å². The number of aliphatic hydroxyl groups is 1. The van der Waals surface area contributed by atoms with Gasteiger partial charge in [0, 0.05) is 32.9 Å². The molecule has 0 bridgehead atoms. The van der Waals surface area contributed by atoms with Crippen LogP contribution in [-0.2, 0) is 13.6 Å². The molecule has 0 unspecified atom stereocenters. The highest BCUT2D eigenvalue weighted by molar-refractivity contribution is 4.98. The second kappa shape index (κ2) is 4.11. The maximum Gasteiger partial charge on any atom is 0.0764 e. The van der Waals surface area contributed by atoms with Gasteiger partial charge in [-0.25, -0.2) is 0 Å². The van der Waals surface area contributed by atoms with E-state index in [4.69, 9.17) is 0 Å². The van der Waals surface area contributed by atoms with Crippen LogP contribution in [0.4, 0.5) is 0 Å². The molecule has 4 heteroatoms. The zero-order valence-electron chi connectivity index (χ0n) is 8.56. The van der Waals surface area contributed by atoms with Crippen molar-refractivity contribution in [3.8, 4) is 0 Å². The van der Waals surface area contributed by atoms with Crippen molar-refractivity contribution in [3.05, 3.63) is 18.0 Å². The van der Waals surface area contributed by atoms with E-state index in [2.05, 4.69) is 10.00 Å². The summed E-state index contributed by atoms with van der Waals surface area (Å²) in [7, 11) is 1.93. The molecule has 1 saturated heterocycles. The van der Waals surface area contributed by atoms with Gasteiger partial charge in [-0.15, -0.1) is 0 Å². The average molecular weight is 195 g/mol. The van der Waals surface area contributed by atoms with Crippen LogP contribution in [0.5, 0.6) is 0 Å². The van der Waals surface area contributed by atoms with Gasteiger partial charge in [0.15, 0.2) is 0 Å². The number of aliphatic hydroxyl groups excluding tert-OH is 1. The zero-order chi connectivity index (χ0) is 9.97. The molecule has 78 valence electrons. The fourth-order valence-corrected chi connectivity index (χ4v) is 1.85. The highest BCUT2D eigenvalue weighted by Gasteiger charge is 2.17. The number of hydrogen-bond acceptors (Lipinski definition) is 3. The van der Waals surface area contributed by atoms with Gasteiger partial charge in [-0.1, -0.05) is 0 Å². The van der Waals surface area contributed by atoms with E-state index in [0.29, 0.717) is 0 Å². The fraction of sp³-hybridized carbons (Fsp3) is 0.700. The molecule has 1 aliphatic heterocycles. The molecule has 0 atom stereocenters. The maximum absolute atomic E-state index is 9.35. The van der Waals surface area contributed by atoms with Crippen molar-refractivity contribution in [1.29, 1.82) is 0 Å². The molecule has 0 radical (unpaired) electrons. The van der Waals surface area contributed by atoms with Gasteiger partial charge in [0.2, 0.25) is 0 Å². The lowest BCUT2D eigenvalue weighted by Crippen LogP contribution is -2.35. The Labute approximate surface area is 84.1 Å². The lowest BCUT2D eigenvalue weighted by Gasteiger charge is -2.28. The minimum absolute atomic E-state index is 0.0880. The summed E-state index contributed by atoms with van der Waals surface area (Å²) in [6, 6.07) is 2.05. The number of piperidine rings is 1. The maximum atomic E-state index is 9.35. The first kappa shape index (κ1) is 9.68. The molecule has 4 nitrogen and oxygen atoms in total. The van der Waals surface area contributed by atoms with Crippen LogP contribution in [0.2, 0.25) is 0 Å². The summed E-state index contributed by atoms with van der Waals surface area (Å²) in [5.74, 6) is 0. The van der Waals surface area contributed by atoms with E-state index in [9.17, 15) is 5.11 Å². The number of nitrogens with zero attached hydrogens (tertiary/aromatic N) is 3. The van der Waals surface area contributed by atoms with Crippen LogP contribution in [0.25, 0.3) is 0 Å². The third-order valence-corrected chi connectivity index (χ3v) is 2.71. The van der Waals surface area contributed by atoms with Crippen molar-refractivity contribution in [1.82, 2.24) is 14.7 Å². The van der Waals surface area contributed by atoms with Crippen molar-refractivity contribution in [2.24, 2.45) is 7.05 Å². The van der Waals surface area contributed by atoms with Crippen molar-refractivity contribution in [2.45, 2.75) is 25.5 Å². The van der Waals surface area contributed by atoms with E-state index in [1.54, 1.807) is 0 Å². The summed E-state index contributed by atoms with van der Waals surface area (Å²) < 4.78 is 1.83. The molecule has 0 spiro atoms. The fourth-order valence-electron chi connectivity index (χ4n) is 1.85. The normalized spacial score (nSPS) is 20.1. The van der Waals surface area contributed by atoms with Gasteiger partial charge in [0.05, 0.1) is 11.8 Å². The quantitative estimate of drug-likeness (QED) is 0.741. The van der Waals surface area contributed by atoms with E-state index in [0.717, 1.165) is 38.2 Å². The van der Waals surface area contributed by atoms with Crippen molar-refractivity contribution in [2.75, 3.05) is 13.1 Å². The molecule has 14 heavy (non-hydrogen) atoms. The third kappa shape index (κ3) is 2.33. The van der Waals surface area contributed by atoms with Crippen LogP contribution in [0.1, 0.15) is 18.5 Å². The molecule has 1 aliphatic rings. The Morgan fingerprint density at radius 3 is 2.79 bits per heavy atom. The van der Waals surface area contributed by atoms with E-state index < -0.39 is 0 Å².